The predicted molar refractivity (Wildman–Crippen MR) is 84.8 cm³/mol. The summed E-state index contributed by atoms with van der Waals surface area (Å²) < 4.78 is 5.28. The van der Waals surface area contributed by atoms with Gasteiger partial charge in [0.15, 0.2) is 0 Å². The van der Waals surface area contributed by atoms with Crippen molar-refractivity contribution in [3.8, 4) is 5.75 Å². The quantitative estimate of drug-likeness (QED) is 0.926. The van der Waals surface area contributed by atoms with Crippen LogP contribution in [0.1, 0.15) is 42.1 Å². The van der Waals surface area contributed by atoms with E-state index in [9.17, 15) is 9.59 Å². The molecule has 0 aromatic heterocycles. The van der Waals surface area contributed by atoms with Gasteiger partial charge in [-0.2, -0.15) is 0 Å². The number of ether oxygens (including phenoxy) is 1. The molecule has 1 saturated heterocycles. The average molecular weight is 304 g/mol. The molecule has 5 heteroatoms. The van der Waals surface area contributed by atoms with Crippen LogP contribution in [0.25, 0.3) is 0 Å². The van der Waals surface area contributed by atoms with E-state index in [0.29, 0.717) is 30.8 Å². The molecule has 1 aromatic rings. The molecule has 2 rings (SSSR count). The average Bonchev–Trinajstić information content (AvgIpc) is 2.54. The van der Waals surface area contributed by atoms with Crippen LogP contribution in [-0.4, -0.2) is 36.9 Å². The van der Waals surface area contributed by atoms with Gasteiger partial charge < -0.3 is 15.4 Å². The van der Waals surface area contributed by atoms with Gasteiger partial charge in [-0.3, -0.25) is 9.59 Å². The second kappa shape index (κ2) is 6.38. The van der Waals surface area contributed by atoms with Crippen molar-refractivity contribution in [3.05, 3.63) is 29.3 Å². The van der Waals surface area contributed by atoms with Crippen molar-refractivity contribution in [2.45, 2.75) is 33.1 Å². The molecule has 0 aliphatic carbocycles. The molecule has 0 bridgehead atoms. The highest BCUT2D eigenvalue weighted by Crippen LogP contribution is 2.34. The van der Waals surface area contributed by atoms with E-state index >= 15 is 0 Å². The summed E-state index contributed by atoms with van der Waals surface area (Å²) in [6.45, 7) is 4.88. The smallest absolute Gasteiger partial charge is 0.254 e. The molecule has 1 aliphatic heterocycles. The molecule has 1 aliphatic rings. The van der Waals surface area contributed by atoms with Gasteiger partial charge in [0.2, 0.25) is 5.91 Å². The Morgan fingerprint density at radius 3 is 2.73 bits per heavy atom. The minimum Gasteiger partial charge on any atom is -0.496 e. The molecule has 1 aromatic carbocycles. The Labute approximate surface area is 131 Å². The van der Waals surface area contributed by atoms with Crippen LogP contribution in [0.4, 0.5) is 0 Å². The maximum atomic E-state index is 12.8. The number of nitrogens with zero attached hydrogens (tertiary/aromatic N) is 1. The number of hydrogen-bond donors (Lipinski definition) is 1. The van der Waals surface area contributed by atoms with Crippen LogP contribution in [0.3, 0.4) is 0 Å². The van der Waals surface area contributed by atoms with Crippen molar-refractivity contribution in [1.29, 1.82) is 0 Å². The number of carbonyl (C=O) groups excluding carboxylic acids is 2. The van der Waals surface area contributed by atoms with E-state index in [4.69, 9.17) is 10.5 Å². The van der Waals surface area contributed by atoms with Crippen LogP contribution in [0.15, 0.2) is 18.2 Å². The molecular weight excluding hydrogens is 280 g/mol. The second-order valence-electron chi connectivity index (χ2n) is 5.96. The van der Waals surface area contributed by atoms with Crippen molar-refractivity contribution in [3.63, 3.8) is 0 Å². The van der Waals surface area contributed by atoms with E-state index < -0.39 is 5.41 Å². The third-order valence-corrected chi connectivity index (χ3v) is 4.80. The Morgan fingerprint density at radius 2 is 2.14 bits per heavy atom. The van der Waals surface area contributed by atoms with Gasteiger partial charge in [0, 0.05) is 24.2 Å². The van der Waals surface area contributed by atoms with E-state index in [-0.39, 0.29) is 11.8 Å². The maximum Gasteiger partial charge on any atom is 0.254 e. The Hall–Kier alpha value is -2.04. The number of rotatable bonds is 4. The lowest BCUT2D eigenvalue weighted by Gasteiger charge is -2.40. The maximum absolute atomic E-state index is 12.8. The van der Waals surface area contributed by atoms with Crippen molar-refractivity contribution in [2.75, 3.05) is 20.2 Å². The van der Waals surface area contributed by atoms with Crippen LogP contribution >= 0.6 is 0 Å². The monoisotopic (exact) mass is 304 g/mol. The Kier molecular flexibility index (Phi) is 4.74. The van der Waals surface area contributed by atoms with E-state index in [0.717, 1.165) is 18.4 Å². The molecule has 1 heterocycles. The zero-order valence-corrected chi connectivity index (χ0v) is 13.5. The van der Waals surface area contributed by atoms with Gasteiger partial charge in [-0.15, -0.1) is 0 Å². The lowest BCUT2D eigenvalue weighted by atomic mass is 9.77. The Bertz CT molecular complexity index is 585. The van der Waals surface area contributed by atoms with E-state index in [1.54, 1.807) is 18.1 Å². The molecule has 0 saturated carbocycles. The standard InChI is InChI=1S/C17H24N2O3/c1-4-17(16(18)21)9-6-10-19(11-17)15(20)13-7-5-8-14(22-3)12(13)2/h5,7-8H,4,6,9-11H2,1-3H3,(H2,18,21). The van der Waals surface area contributed by atoms with Gasteiger partial charge >= 0.3 is 0 Å². The third kappa shape index (κ3) is 2.80. The first kappa shape index (κ1) is 16.3. The lowest BCUT2D eigenvalue weighted by molar-refractivity contribution is -0.130. The molecule has 22 heavy (non-hydrogen) atoms. The number of primary amides is 1. The largest absolute Gasteiger partial charge is 0.496 e. The number of methoxy groups -OCH3 is 1. The first-order chi connectivity index (χ1) is 10.4. The fourth-order valence-corrected chi connectivity index (χ4v) is 3.21. The number of nitrogens with two attached hydrogens (primary N) is 1. The highest BCUT2D eigenvalue weighted by atomic mass is 16.5. The lowest BCUT2D eigenvalue weighted by Crippen LogP contribution is -2.52. The summed E-state index contributed by atoms with van der Waals surface area (Å²) >= 11 is 0. The highest BCUT2D eigenvalue weighted by molar-refractivity contribution is 5.97. The number of hydrogen-bond acceptors (Lipinski definition) is 3. The van der Waals surface area contributed by atoms with Crippen molar-refractivity contribution >= 4 is 11.8 Å². The van der Waals surface area contributed by atoms with Crippen molar-refractivity contribution in [1.82, 2.24) is 4.90 Å². The molecule has 5 nitrogen and oxygen atoms in total. The summed E-state index contributed by atoms with van der Waals surface area (Å²) in [4.78, 5) is 26.4. The van der Waals surface area contributed by atoms with Crippen LogP contribution in [-0.2, 0) is 4.79 Å². The molecular formula is C17H24N2O3. The van der Waals surface area contributed by atoms with Crippen LogP contribution < -0.4 is 10.5 Å². The van der Waals surface area contributed by atoms with Gasteiger partial charge in [0.1, 0.15) is 5.75 Å². The van der Waals surface area contributed by atoms with E-state index in [1.165, 1.54) is 0 Å². The minimum absolute atomic E-state index is 0.0600. The summed E-state index contributed by atoms with van der Waals surface area (Å²) in [6, 6.07) is 5.44. The molecule has 2 N–H and O–H groups in total. The number of piperidine rings is 1. The van der Waals surface area contributed by atoms with Crippen LogP contribution in [0, 0.1) is 12.3 Å². The number of carbonyl (C=O) groups is 2. The van der Waals surface area contributed by atoms with Crippen LogP contribution in [0.2, 0.25) is 0 Å². The second-order valence-corrected chi connectivity index (χ2v) is 5.96. The third-order valence-electron chi connectivity index (χ3n) is 4.80. The molecule has 1 unspecified atom stereocenters. The fourth-order valence-electron chi connectivity index (χ4n) is 3.21. The van der Waals surface area contributed by atoms with Gasteiger partial charge in [0.25, 0.3) is 5.91 Å². The molecule has 1 atom stereocenters. The molecule has 2 amide bonds. The summed E-state index contributed by atoms with van der Waals surface area (Å²) in [7, 11) is 1.59. The predicted octanol–water partition coefficient (Wildman–Crippen LogP) is 2.12. The first-order valence-electron chi connectivity index (χ1n) is 7.68. The topological polar surface area (TPSA) is 72.6 Å². The van der Waals surface area contributed by atoms with Crippen LogP contribution in [0.5, 0.6) is 5.75 Å². The van der Waals surface area contributed by atoms with E-state index in [2.05, 4.69) is 0 Å². The zero-order chi connectivity index (χ0) is 16.3. The van der Waals surface area contributed by atoms with E-state index in [1.807, 2.05) is 26.0 Å². The number of likely N-dealkylation sites (tertiary alicyclic amines) is 1. The zero-order valence-electron chi connectivity index (χ0n) is 13.5. The van der Waals surface area contributed by atoms with Gasteiger partial charge in [-0.05, 0) is 38.3 Å². The number of benzene rings is 1. The van der Waals surface area contributed by atoms with Gasteiger partial charge in [0.05, 0.1) is 12.5 Å². The normalized spacial score (nSPS) is 21.5. The minimum atomic E-state index is -0.597. The van der Waals surface area contributed by atoms with Crippen molar-refractivity contribution in [2.24, 2.45) is 11.1 Å². The summed E-state index contributed by atoms with van der Waals surface area (Å²) in [5, 5.41) is 0. The molecule has 1 fully saturated rings. The Morgan fingerprint density at radius 1 is 1.41 bits per heavy atom. The SMILES string of the molecule is CCC1(C(N)=O)CCCN(C(=O)c2cccc(OC)c2C)C1. The van der Waals surface area contributed by atoms with Crippen molar-refractivity contribution < 1.29 is 14.3 Å². The summed E-state index contributed by atoms with van der Waals surface area (Å²) in [6.07, 6.45) is 2.20. The van der Waals surface area contributed by atoms with Gasteiger partial charge in [-0.25, -0.2) is 0 Å². The fraction of sp³-hybridized carbons (Fsp3) is 0.529. The first-order valence-corrected chi connectivity index (χ1v) is 7.68. The van der Waals surface area contributed by atoms with Gasteiger partial charge in [-0.1, -0.05) is 13.0 Å². The molecule has 120 valence electrons. The molecule has 0 radical (unpaired) electrons. The summed E-state index contributed by atoms with van der Waals surface area (Å²) in [5.74, 6) is 0.324. The highest BCUT2D eigenvalue weighted by Gasteiger charge is 2.40. The Balaban J connectivity index is 2.28. The summed E-state index contributed by atoms with van der Waals surface area (Å²) in [5.41, 5.74) is 6.44. The molecule has 0 spiro atoms. The number of amides is 2.